The van der Waals surface area contributed by atoms with E-state index >= 15 is 0 Å². The van der Waals surface area contributed by atoms with Crippen molar-refractivity contribution in [2.45, 2.75) is 6.42 Å². The average Bonchev–Trinajstić information content (AvgIpc) is 3.59. The van der Waals surface area contributed by atoms with Crippen molar-refractivity contribution >= 4 is 50.3 Å². The SMILES string of the molecule is C=C(/C=C(\N=C(N)C1=c2ccccc2=CC1)c1ccc(-c2cccc3ccccc23)cc1)c1ccc(-c2cccc3ccccc23)cc1. The third kappa shape index (κ3) is 5.55. The molecular formula is C46H34N2. The van der Waals surface area contributed by atoms with Crippen LogP contribution in [0.5, 0.6) is 0 Å². The van der Waals surface area contributed by atoms with Gasteiger partial charge >= 0.3 is 0 Å². The van der Waals surface area contributed by atoms with Gasteiger partial charge in [0.15, 0.2) is 0 Å². The van der Waals surface area contributed by atoms with E-state index in [2.05, 4.69) is 176 Å². The molecule has 2 heteroatoms. The van der Waals surface area contributed by atoms with Crippen molar-refractivity contribution < 1.29 is 0 Å². The molecule has 0 unspecified atom stereocenters. The predicted molar refractivity (Wildman–Crippen MR) is 206 cm³/mol. The Balaban J connectivity index is 1.17. The summed E-state index contributed by atoms with van der Waals surface area (Å²) in [5.41, 5.74) is 16.2. The number of nitrogens with zero attached hydrogens (tertiary/aromatic N) is 1. The molecule has 0 fully saturated rings. The Morgan fingerprint density at radius 3 is 1.71 bits per heavy atom. The Kier molecular flexibility index (Phi) is 7.60. The third-order valence-corrected chi connectivity index (χ3v) is 9.31. The number of benzene rings is 7. The van der Waals surface area contributed by atoms with Crippen LogP contribution in [0.4, 0.5) is 0 Å². The molecule has 48 heavy (non-hydrogen) atoms. The van der Waals surface area contributed by atoms with E-state index in [0.717, 1.165) is 45.2 Å². The van der Waals surface area contributed by atoms with Crippen molar-refractivity contribution in [3.8, 4) is 22.3 Å². The van der Waals surface area contributed by atoms with Gasteiger partial charge in [0.2, 0.25) is 0 Å². The second-order valence-electron chi connectivity index (χ2n) is 12.2. The maximum atomic E-state index is 6.78. The van der Waals surface area contributed by atoms with Crippen LogP contribution in [0.15, 0.2) is 175 Å². The zero-order valence-corrected chi connectivity index (χ0v) is 26.6. The fraction of sp³-hybridized carbons (Fsp3) is 0.0217. The van der Waals surface area contributed by atoms with E-state index < -0.39 is 0 Å². The van der Waals surface area contributed by atoms with Gasteiger partial charge in [0.05, 0.1) is 5.70 Å². The minimum atomic E-state index is 0.527. The van der Waals surface area contributed by atoms with Gasteiger partial charge in [-0.3, -0.25) is 0 Å². The Morgan fingerprint density at radius 1 is 0.562 bits per heavy atom. The lowest BCUT2D eigenvalue weighted by Gasteiger charge is -2.11. The highest BCUT2D eigenvalue weighted by molar-refractivity contribution is 6.19. The molecule has 0 bridgehead atoms. The number of hydrogen-bond donors (Lipinski definition) is 1. The highest BCUT2D eigenvalue weighted by Crippen LogP contribution is 2.32. The third-order valence-electron chi connectivity index (χ3n) is 9.31. The van der Waals surface area contributed by atoms with Gasteiger partial charge in [-0.05, 0) is 77.9 Å². The molecule has 0 aliphatic heterocycles. The Hall–Kier alpha value is -6.25. The molecule has 0 spiro atoms. The molecule has 2 nitrogen and oxygen atoms in total. The fourth-order valence-electron chi connectivity index (χ4n) is 6.78. The molecule has 7 aromatic rings. The minimum absolute atomic E-state index is 0.527. The topological polar surface area (TPSA) is 38.4 Å². The monoisotopic (exact) mass is 614 g/mol. The standard InChI is InChI=1S/C46H34N2/c1-31(32-20-22-36(23-21-32)41-18-8-13-33-10-2-5-15-39(33)41)30-45(48-46(47)44-29-28-35-12-4-7-17-43(35)44)38-26-24-37(25-27-38)42-19-9-14-34-11-3-6-16-40(34)42/h2-28,30H,1,29H2,(H2,47,48)/b45-30-. The van der Waals surface area contributed by atoms with Crippen LogP contribution in [0.1, 0.15) is 17.5 Å². The highest BCUT2D eigenvalue weighted by atomic mass is 14.9. The Bertz CT molecular complexity index is 2520. The molecule has 0 radical (unpaired) electrons. The van der Waals surface area contributed by atoms with Gasteiger partial charge in [0.25, 0.3) is 0 Å². The number of allylic oxidation sites excluding steroid dienone is 2. The summed E-state index contributed by atoms with van der Waals surface area (Å²) < 4.78 is 0. The van der Waals surface area contributed by atoms with Crippen LogP contribution in [0, 0.1) is 0 Å². The summed E-state index contributed by atoms with van der Waals surface area (Å²) in [7, 11) is 0. The normalized spacial score (nSPS) is 13.0. The smallest absolute Gasteiger partial charge is 0.128 e. The van der Waals surface area contributed by atoms with E-state index in [9.17, 15) is 0 Å². The summed E-state index contributed by atoms with van der Waals surface area (Å²) in [6, 6.07) is 55.5. The van der Waals surface area contributed by atoms with Crippen LogP contribution in [-0.4, -0.2) is 5.84 Å². The number of rotatable bonds is 7. The first-order valence-corrected chi connectivity index (χ1v) is 16.3. The van der Waals surface area contributed by atoms with Gasteiger partial charge in [-0.25, -0.2) is 4.99 Å². The number of aliphatic imine (C=N–C) groups is 1. The van der Waals surface area contributed by atoms with Gasteiger partial charge in [-0.1, -0.05) is 170 Å². The van der Waals surface area contributed by atoms with Gasteiger partial charge in [-0.15, -0.1) is 0 Å². The van der Waals surface area contributed by atoms with Crippen LogP contribution in [-0.2, 0) is 0 Å². The van der Waals surface area contributed by atoms with Crippen molar-refractivity contribution in [2.24, 2.45) is 10.7 Å². The molecule has 1 aliphatic carbocycles. The van der Waals surface area contributed by atoms with Crippen LogP contribution in [0.3, 0.4) is 0 Å². The first-order valence-electron chi connectivity index (χ1n) is 16.3. The number of amidine groups is 1. The van der Waals surface area contributed by atoms with Crippen molar-refractivity contribution in [3.05, 3.63) is 192 Å². The molecule has 0 atom stereocenters. The zero-order chi connectivity index (χ0) is 32.5. The van der Waals surface area contributed by atoms with Crippen LogP contribution < -0.4 is 16.2 Å². The molecule has 8 rings (SSSR count). The van der Waals surface area contributed by atoms with Crippen molar-refractivity contribution in [1.29, 1.82) is 0 Å². The first kappa shape index (κ1) is 29.2. The lowest BCUT2D eigenvalue weighted by molar-refractivity contribution is 1.44. The molecule has 0 saturated heterocycles. The zero-order valence-electron chi connectivity index (χ0n) is 26.6. The van der Waals surface area contributed by atoms with Crippen LogP contribution in [0.2, 0.25) is 0 Å². The summed E-state index contributed by atoms with van der Waals surface area (Å²) in [6.07, 6.45) is 5.03. The van der Waals surface area contributed by atoms with E-state index in [1.54, 1.807) is 0 Å². The summed E-state index contributed by atoms with van der Waals surface area (Å²) in [5.74, 6) is 0.527. The molecule has 228 valence electrons. The van der Waals surface area contributed by atoms with Crippen LogP contribution >= 0.6 is 0 Å². The fourth-order valence-corrected chi connectivity index (χ4v) is 6.78. The summed E-state index contributed by atoms with van der Waals surface area (Å²) in [4.78, 5) is 5.08. The molecule has 1 aliphatic rings. The first-order chi connectivity index (χ1) is 23.6. The molecule has 0 aromatic heterocycles. The van der Waals surface area contributed by atoms with E-state index in [1.165, 1.54) is 43.5 Å². The predicted octanol–water partition coefficient (Wildman–Crippen LogP) is 9.77. The number of hydrogen-bond acceptors (Lipinski definition) is 1. The molecule has 0 amide bonds. The van der Waals surface area contributed by atoms with E-state index in [-0.39, 0.29) is 0 Å². The van der Waals surface area contributed by atoms with Gasteiger partial charge in [0.1, 0.15) is 5.84 Å². The second-order valence-corrected chi connectivity index (χ2v) is 12.2. The van der Waals surface area contributed by atoms with Gasteiger partial charge < -0.3 is 5.73 Å². The molecule has 2 N–H and O–H groups in total. The quantitative estimate of drug-likeness (QED) is 0.108. The van der Waals surface area contributed by atoms with Gasteiger partial charge in [0, 0.05) is 11.1 Å². The Morgan fingerprint density at radius 2 is 1.08 bits per heavy atom. The minimum Gasteiger partial charge on any atom is -0.383 e. The molecule has 0 heterocycles. The van der Waals surface area contributed by atoms with E-state index in [1.807, 2.05) is 0 Å². The average molecular weight is 615 g/mol. The van der Waals surface area contributed by atoms with Crippen molar-refractivity contribution in [2.75, 3.05) is 0 Å². The van der Waals surface area contributed by atoms with Crippen molar-refractivity contribution in [3.63, 3.8) is 0 Å². The second kappa shape index (κ2) is 12.5. The van der Waals surface area contributed by atoms with Crippen molar-refractivity contribution in [1.82, 2.24) is 0 Å². The molecular weight excluding hydrogens is 581 g/mol. The molecule has 0 saturated carbocycles. The summed E-state index contributed by atoms with van der Waals surface area (Å²) in [5, 5.41) is 7.29. The van der Waals surface area contributed by atoms with Gasteiger partial charge in [-0.2, -0.15) is 0 Å². The highest BCUT2D eigenvalue weighted by Gasteiger charge is 2.13. The Labute approximate surface area is 280 Å². The maximum Gasteiger partial charge on any atom is 0.128 e. The maximum absolute atomic E-state index is 6.78. The van der Waals surface area contributed by atoms with E-state index in [0.29, 0.717) is 5.84 Å². The lowest BCUT2D eigenvalue weighted by Crippen LogP contribution is -2.27. The largest absolute Gasteiger partial charge is 0.383 e. The number of fused-ring (bicyclic) bond motifs is 3. The lowest BCUT2D eigenvalue weighted by atomic mass is 9.95. The summed E-state index contributed by atoms with van der Waals surface area (Å²) in [6.45, 7) is 4.48. The van der Waals surface area contributed by atoms with Crippen LogP contribution in [0.25, 0.3) is 66.7 Å². The molecule has 7 aromatic carbocycles. The summed E-state index contributed by atoms with van der Waals surface area (Å²) >= 11 is 0. The number of nitrogens with two attached hydrogens (primary N) is 1. The van der Waals surface area contributed by atoms with E-state index in [4.69, 9.17) is 10.7 Å².